The van der Waals surface area contributed by atoms with E-state index < -0.39 is 0 Å². The smallest absolute Gasteiger partial charge is 0.240 e. The first-order valence-corrected chi connectivity index (χ1v) is 9.98. The Hall–Kier alpha value is -2.57. The molecule has 2 aromatic carbocycles. The van der Waals surface area contributed by atoms with Crippen molar-refractivity contribution in [3.63, 3.8) is 0 Å². The van der Waals surface area contributed by atoms with E-state index in [9.17, 15) is 4.39 Å². The molecule has 0 saturated carbocycles. The summed E-state index contributed by atoms with van der Waals surface area (Å²) in [5.74, 6) is 0.702. The van der Waals surface area contributed by atoms with E-state index in [-0.39, 0.29) is 5.82 Å². The average Bonchev–Trinajstić information content (AvgIpc) is 3.33. The lowest BCUT2D eigenvalue weighted by atomic mass is 10.0. The maximum atomic E-state index is 13.7. The summed E-state index contributed by atoms with van der Waals surface area (Å²) in [6.07, 6.45) is 4.18. The van der Waals surface area contributed by atoms with Crippen molar-refractivity contribution >= 4 is 39.4 Å². The van der Waals surface area contributed by atoms with Crippen molar-refractivity contribution in [1.82, 2.24) is 10.2 Å². The summed E-state index contributed by atoms with van der Waals surface area (Å²) in [5, 5.41) is 12.1. The van der Waals surface area contributed by atoms with Gasteiger partial charge in [-0.1, -0.05) is 34.1 Å². The number of benzene rings is 2. The van der Waals surface area contributed by atoms with Crippen LogP contribution in [0.1, 0.15) is 22.9 Å². The van der Waals surface area contributed by atoms with Gasteiger partial charge in [0.1, 0.15) is 5.82 Å². The second kappa shape index (κ2) is 7.98. The number of thiophene rings is 1. The summed E-state index contributed by atoms with van der Waals surface area (Å²) in [6, 6.07) is 14.7. The number of aromatic nitrogens is 2. The monoisotopic (exact) mass is 440 g/mol. The standard InChI is InChI=1S/C21H14BrFN2OS/c22-17-3-1-2-14(10-17)11-21-25-24-20(26-21)7-5-15-4-6-18(23)12-19(15)16-8-9-27-13-16/h1-10,12-13H,11H2/b7-5+. The topological polar surface area (TPSA) is 38.9 Å². The highest BCUT2D eigenvalue weighted by atomic mass is 79.9. The summed E-state index contributed by atoms with van der Waals surface area (Å²) in [6.45, 7) is 0. The molecule has 0 aliphatic carbocycles. The van der Waals surface area contributed by atoms with Crippen molar-refractivity contribution in [1.29, 1.82) is 0 Å². The fourth-order valence-electron chi connectivity index (χ4n) is 2.73. The molecule has 2 aromatic heterocycles. The molecule has 0 unspecified atom stereocenters. The highest BCUT2D eigenvalue weighted by Crippen LogP contribution is 2.28. The lowest BCUT2D eigenvalue weighted by Crippen LogP contribution is -1.87. The molecule has 4 rings (SSSR count). The predicted molar refractivity (Wildman–Crippen MR) is 110 cm³/mol. The van der Waals surface area contributed by atoms with Crippen LogP contribution in [0.5, 0.6) is 0 Å². The minimum absolute atomic E-state index is 0.262. The predicted octanol–water partition coefficient (Wildman–Crippen LogP) is 6.46. The van der Waals surface area contributed by atoms with E-state index in [2.05, 4.69) is 26.1 Å². The van der Waals surface area contributed by atoms with Crippen molar-refractivity contribution in [2.75, 3.05) is 0 Å². The van der Waals surface area contributed by atoms with Gasteiger partial charge in [-0.05, 0) is 69.4 Å². The van der Waals surface area contributed by atoms with E-state index in [1.54, 1.807) is 23.5 Å². The van der Waals surface area contributed by atoms with Gasteiger partial charge in [0, 0.05) is 10.5 Å². The van der Waals surface area contributed by atoms with Gasteiger partial charge in [0.2, 0.25) is 11.8 Å². The largest absolute Gasteiger partial charge is 0.421 e. The summed E-state index contributed by atoms with van der Waals surface area (Å²) >= 11 is 5.03. The molecular formula is C21H14BrFN2OS. The lowest BCUT2D eigenvalue weighted by Gasteiger charge is -2.04. The molecule has 0 bridgehead atoms. The Morgan fingerprint density at radius 1 is 1.07 bits per heavy atom. The molecule has 0 fully saturated rings. The van der Waals surface area contributed by atoms with Crippen LogP contribution >= 0.6 is 27.3 Å². The van der Waals surface area contributed by atoms with Crippen LogP contribution in [0, 0.1) is 5.82 Å². The Morgan fingerprint density at radius 3 is 2.81 bits per heavy atom. The van der Waals surface area contributed by atoms with Gasteiger partial charge >= 0.3 is 0 Å². The van der Waals surface area contributed by atoms with Gasteiger partial charge in [0.15, 0.2) is 0 Å². The maximum Gasteiger partial charge on any atom is 0.240 e. The minimum atomic E-state index is -0.262. The molecule has 0 N–H and O–H groups in total. The van der Waals surface area contributed by atoms with Crippen LogP contribution in [0.25, 0.3) is 23.3 Å². The summed E-state index contributed by atoms with van der Waals surface area (Å²) in [5.41, 5.74) is 3.80. The zero-order chi connectivity index (χ0) is 18.6. The van der Waals surface area contributed by atoms with E-state index >= 15 is 0 Å². The molecule has 0 radical (unpaired) electrons. The van der Waals surface area contributed by atoms with E-state index in [4.69, 9.17) is 4.42 Å². The third-order valence-corrected chi connectivity index (χ3v) is 5.16. The van der Waals surface area contributed by atoms with Crippen molar-refractivity contribution in [3.05, 3.63) is 92.5 Å². The van der Waals surface area contributed by atoms with Crippen LogP contribution in [0.15, 0.2) is 68.2 Å². The molecule has 27 heavy (non-hydrogen) atoms. The SMILES string of the molecule is Fc1ccc(/C=C/c2nnc(Cc3cccc(Br)c3)o2)c(-c2ccsc2)c1. The number of rotatable bonds is 5. The number of nitrogens with zero attached hydrogens (tertiary/aromatic N) is 2. The fraction of sp³-hybridized carbons (Fsp3) is 0.0476. The molecule has 0 saturated heterocycles. The number of hydrogen-bond donors (Lipinski definition) is 0. The Kier molecular flexibility index (Phi) is 5.27. The van der Waals surface area contributed by atoms with Gasteiger partial charge in [-0.3, -0.25) is 0 Å². The average molecular weight is 441 g/mol. The lowest BCUT2D eigenvalue weighted by molar-refractivity contribution is 0.496. The van der Waals surface area contributed by atoms with E-state index in [1.807, 2.05) is 47.2 Å². The molecule has 6 heteroatoms. The maximum absolute atomic E-state index is 13.7. The third-order valence-electron chi connectivity index (χ3n) is 3.98. The Bertz CT molecular complexity index is 1090. The highest BCUT2D eigenvalue weighted by molar-refractivity contribution is 9.10. The Morgan fingerprint density at radius 2 is 2.00 bits per heavy atom. The van der Waals surface area contributed by atoms with Gasteiger partial charge in [-0.15, -0.1) is 10.2 Å². The van der Waals surface area contributed by atoms with E-state index in [0.717, 1.165) is 26.7 Å². The van der Waals surface area contributed by atoms with Crippen LogP contribution in [0.3, 0.4) is 0 Å². The molecule has 3 nitrogen and oxygen atoms in total. The molecule has 2 heterocycles. The first-order chi connectivity index (χ1) is 13.2. The van der Waals surface area contributed by atoms with Crippen LogP contribution in [0.2, 0.25) is 0 Å². The second-order valence-corrected chi connectivity index (χ2v) is 7.61. The van der Waals surface area contributed by atoms with Gasteiger partial charge in [-0.2, -0.15) is 11.3 Å². The number of hydrogen-bond acceptors (Lipinski definition) is 4. The van der Waals surface area contributed by atoms with Gasteiger partial charge < -0.3 is 4.42 Å². The van der Waals surface area contributed by atoms with E-state index in [0.29, 0.717) is 18.2 Å². The van der Waals surface area contributed by atoms with Gasteiger partial charge in [-0.25, -0.2) is 4.39 Å². The van der Waals surface area contributed by atoms with Crippen LogP contribution < -0.4 is 0 Å². The van der Waals surface area contributed by atoms with Crippen LogP contribution in [-0.4, -0.2) is 10.2 Å². The Labute approximate surface area is 168 Å². The van der Waals surface area contributed by atoms with Crippen molar-refractivity contribution in [2.45, 2.75) is 6.42 Å². The van der Waals surface area contributed by atoms with Gasteiger partial charge in [0.05, 0.1) is 6.42 Å². The minimum Gasteiger partial charge on any atom is -0.421 e. The molecule has 0 amide bonds. The Balaban J connectivity index is 1.55. The quantitative estimate of drug-likeness (QED) is 0.357. The molecule has 4 aromatic rings. The second-order valence-electron chi connectivity index (χ2n) is 5.92. The van der Waals surface area contributed by atoms with Crippen molar-refractivity contribution in [2.24, 2.45) is 0 Å². The van der Waals surface area contributed by atoms with Crippen molar-refractivity contribution in [3.8, 4) is 11.1 Å². The normalized spacial score (nSPS) is 11.3. The third kappa shape index (κ3) is 4.40. The summed E-state index contributed by atoms with van der Waals surface area (Å²) in [7, 11) is 0. The molecule has 0 spiro atoms. The van der Waals surface area contributed by atoms with Crippen molar-refractivity contribution < 1.29 is 8.81 Å². The molecule has 134 valence electrons. The van der Waals surface area contributed by atoms with Crippen LogP contribution in [-0.2, 0) is 6.42 Å². The summed E-state index contributed by atoms with van der Waals surface area (Å²) < 4.78 is 20.4. The van der Waals surface area contributed by atoms with Crippen LogP contribution in [0.4, 0.5) is 4.39 Å². The molecule has 0 aliphatic rings. The molecule has 0 aliphatic heterocycles. The number of halogens is 2. The first kappa shape index (κ1) is 17.8. The zero-order valence-corrected chi connectivity index (χ0v) is 16.5. The molecular weight excluding hydrogens is 427 g/mol. The molecule has 0 atom stereocenters. The first-order valence-electron chi connectivity index (χ1n) is 8.24. The fourth-order valence-corrected chi connectivity index (χ4v) is 3.83. The van der Waals surface area contributed by atoms with E-state index in [1.165, 1.54) is 12.1 Å². The highest BCUT2D eigenvalue weighted by Gasteiger charge is 2.08. The van der Waals surface area contributed by atoms with Gasteiger partial charge in [0.25, 0.3) is 0 Å². The zero-order valence-electron chi connectivity index (χ0n) is 14.1. The summed E-state index contributed by atoms with van der Waals surface area (Å²) in [4.78, 5) is 0.